The van der Waals surface area contributed by atoms with Gasteiger partial charge in [-0.3, -0.25) is 4.79 Å². The summed E-state index contributed by atoms with van der Waals surface area (Å²) in [5.41, 5.74) is 2.28. The Balaban J connectivity index is 1.41. The van der Waals surface area contributed by atoms with Gasteiger partial charge in [-0.1, -0.05) is 11.6 Å². The lowest BCUT2D eigenvalue weighted by Gasteiger charge is -2.23. The predicted octanol–water partition coefficient (Wildman–Crippen LogP) is 3.97. The molecule has 0 spiro atoms. The minimum Gasteiger partial charge on any atom is -0.426 e. The van der Waals surface area contributed by atoms with E-state index in [0.29, 0.717) is 29.0 Å². The molecule has 1 aromatic carbocycles. The molecule has 0 amide bonds. The maximum Gasteiger partial charge on any atom is 0.311 e. The molecule has 4 nitrogen and oxygen atoms in total. The van der Waals surface area contributed by atoms with Gasteiger partial charge in [0.15, 0.2) is 0 Å². The summed E-state index contributed by atoms with van der Waals surface area (Å²) in [6.45, 7) is 0.932. The van der Waals surface area contributed by atoms with E-state index in [0.717, 1.165) is 37.8 Å². The smallest absolute Gasteiger partial charge is 0.311 e. The number of fused-ring (bicyclic) bond motifs is 1. The molecule has 4 rings (SSSR count). The van der Waals surface area contributed by atoms with Crippen LogP contribution >= 0.6 is 11.6 Å². The normalized spacial score (nSPS) is 20.1. The molecule has 0 N–H and O–H groups in total. The number of ether oxygens (including phenoxy) is 1. The number of hydrogen-bond acceptors (Lipinski definition) is 3. The molecule has 1 aliphatic heterocycles. The van der Waals surface area contributed by atoms with Gasteiger partial charge in [0, 0.05) is 29.9 Å². The molecule has 5 heteroatoms. The van der Waals surface area contributed by atoms with Crippen molar-refractivity contribution in [1.29, 1.82) is 0 Å². The Morgan fingerprint density at radius 3 is 3.04 bits per heavy atom. The van der Waals surface area contributed by atoms with Crippen molar-refractivity contribution in [3.8, 4) is 5.75 Å². The van der Waals surface area contributed by atoms with Gasteiger partial charge in [0.1, 0.15) is 5.75 Å². The highest BCUT2D eigenvalue weighted by molar-refractivity contribution is 6.30. The quantitative estimate of drug-likeness (QED) is 0.629. The number of nitrogens with zero attached hydrogens (tertiary/aromatic N) is 2. The molecule has 0 saturated heterocycles. The van der Waals surface area contributed by atoms with Crippen LogP contribution in [0.15, 0.2) is 30.7 Å². The van der Waals surface area contributed by atoms with E-state index >= 15 is 0 Å². The second kappa shape index (κ2) is 6.00. The molecule has 1 fully saturated rings. The average Bonchev–Trinajstić information content (AvgIpc) is 3.27. The van der Waals surface area contributed by atoms with Gasteiger partial charge < -0.3 is 9.30 Å². The third-order valence-electron chi connectivity index (χ3n) is 4.74. The number of halogens is 1. The highest BCUT2D eigenvalue weighted by Crippen LogP contribution is 2.45. The molecule has 1 aliphatic carbocycles. The van der Waals surface area contributed by atoms with Gasteiger partial charge in [0.25, 0.3) is 0 Å². The minimum absolute atomic E-state index is 0.146. The van der Waals surface area contributed by atoms with Gasteiger partial charge in [0.2, 0.25) is 0 Å². The fraction of sp³-hybridized carbons (Fsp3) is 0.444. The highest BCUT2D eigenvalue weighted by atomic mass is 35.5. The summed E-state index contributed by atoms with van der Waals surface area (Å²) in [7, 11) is 0. The molecule has 23 heavy (non-hydrogen) atoms. The zero-order valence-corrected chi connectivity index (χ0v) is 13.6. The summed E-state index contributed by atoms with van der Waals surface area (Å²) in [5, 5.41) is 0.701. The first-order chi connectivity index (χ1) is 11.2. The first kappa shape index (κ1) is 14.8. The lowest BCUT2D eigenvalue weighted by molar-refractivity contribution is -0.135. The first-order valence-corrected chi connectivity index (χ1v) is 8.56. The zero-order chi connectivity index (χ0) is 15.8. The van der Waals surface area contributed by atoms with Crippen LogP contribution < -0.4 is 4.74 Å². The van der Waals surface area contributed by atoms with E-state index in [1.165, 1.54) is 5.69 Å². The van der Waals surface area contributed by atoms with E-state index in [1.54, 1.807) is 6.07 Å². The predicted molar refractivity (Wildman–Crippen MR) is 87.7 cm³/mol. The van der Waals surface area contributed by atoms with Crippen molar-refractivity contribution >= 4 is 17.6 Å². The Hall–Kier alpha value is -1.81. The summed E-state index contributed by atoms with van der Waals surface area (Å²) in [6.07, 6.45) is 8.40. The Bertz CT molecular complexity index is 736. The van der Waals surface area contributed by atoms with Gasteiger partial charge >= 0.3 is 5.97 Å². The van der Waals surface area contributed by atoms with Crippen LogP contribution in [0.2, 0.25) is 5.02 Å². The lowest BCUT2D eigenvalue weighted by Crippen LogP contribution is -2.23. The standard InChI is InChI=1S/C18H19ClN2O2/c19-14-3-4-17(16(9-14)13-1-2-13)23-18(22)8-12-5-6-21-11-20-10-15(21)7-12/h3-4,9-13H,1-2,5-8H2. The topological polar surface area (TPSA) is 44.1 Å². The van der Waals surface area contributed by atoms with E-state index in [4.69, 9.17) is 16.3 Å². The third-order valence-corrected chi connectivity index (χ3v) is 4.98. The molecule has 1 atom stereocenters. The maximum atomic E-state index is 12.3. The number of imidazole rings is 1. The van der Waals surface area contributed by atoms with Gasteiger partial charge in [-0.25, -0.2) is 4.98 Å². The Labute approximate surface area is 140 Å². The number of hydrogen-bond donors (Lipinski definition) is 0. The molecule has 1 saturated carbocycles. The molecule has 2 heterocycles. The van der Waals surface area contributed by atoms with E-state index in [-0.39, 0.29) is 5.97 Å². The van der Waals surface area contributed by atoms with Crippen LogP contribution in [0.1, 0.15) is 42.9 Å². The van der Waals surface area contributed by atoms with Gasteiger partial charge in [-0.2, -0.15) is 0 Å². The molecule has 120 valence electrons. The summed E-state index contributed by atoms with van der Waals surface area (Å²) in [6, 6.07) is 5.54. The second-order valence-electron chi connectivity index (χ2n) is 6.57. The highest BCUT2D eigenvalue weighted by Gasteiger charge is 2.28. The van der Waals surface area contributed by atoms with Crippen molar-refractivity contribution < 1.29 is 9.53 Å². The summed E-state index contributed by atoms with van der Waals surface area (Å²) in [5.74, 6) is 1.37. The summed E-state index contributed by atoms with van der Waals surface area (Å²) >= 11 is 6.07. The third kappa shape index (κ3) is 3.27. The van der Waals surface area contributed by atoms with Gasteiger partial charge in [-0.05, 0) is 61.3 Å². The number of carbonyl (C=O) groups is 1. The number of rotatable bonds is 4. The fourth-order valence-corrected chi connectivity index (χ4v) is 3.52. The number of aromatic nitrogens is 2. The monoisotopic (exact) mass is 330 g/mol. The Kier molecular flexibility index (Phi) is 3.85. The summed E-state index contributed by atoms with van der Waals surface area (Å²) in [4.78, 5) is 16.5. The van der Waals surface area contributed by atoms with E-state index < -0.39 is 0 Å². The van der Waals surface area contributed by atoms with E-state index in [2.05, 4.69) is 9.55 Å². The van der Waals surface area contributed by atoms with Crippen LogP contribution in [0.25, 0.3) is 0 Å². The molecule has 0 bridgehead atoms. The van der Waals surface area contributed by atoms with Crippen molar-refractivity contribution in [1.82, 2.24) is 9.55 Å². The number of esters is 1. The minimum atomic E-state index is -0.146. The fourth-order valence-electron chi connectivity index (χ4n) is 3.34. The van der Waals surface area contributed by atoms with Crippen LogP contribution in [-0.2, 0) is 17.8 Å². The van der Waals surface area contributed by atoms with Crippen LogP contribution in [-0.4, -0.2) is 15.5 Å². The molecule has 2 aliphatic rings. The van der Waals surface area contributed by atoms with Crippen LogP contribution in [0.4, 0.5) is 0 Å². The Morgan fingerprint density at radius 1 is 1.35 bits per heavy atom. The summed E-state index contributed by atoms with van der Waals surface area (Å²) < 4.78 is 7.81. The SMILES string of the molecule is O=C(CC1CCn2cncc2C1)Oc1ccc(Cl)cc1C1CC1. The van der Waals surface area contributed by atoms with Gasteiger partial charge in [0.05, 0.1) is 6.33 Å². The van der Waals surface area contributed by atoms with Crippen LogP contribution in [0.5, 0.6) is 5.75 Å². The molecule has 0 radical (unpaired) electrons. The van der Waals surface area contributed by atoms with Crippen molar-refractivity contribution in [3.05, 3.63) is 47.0 Å². The first-order valence-electron chi connectivity index (χ1n) is 8.18. The lowest BCUT2D eigenvalue weighted by atomic mass is 9.93. The molecule has 2 aromatic rings. The molecular formula is C18H19ClN2O2. The van der Waals surface area contributed by atoms with Gasteiger partial charge in [-0.15, -0.1) is 0 Å². The van der Waals surface area contributed by atoms with Crippen LogP contribution in [0, 0.1) is 5.92 Å². The second-order valence-corrected chi connectivity index (χ2v) is 7.01. The molecule has 1 aromatic heterocycles. The van der Waals surface area contributed by atoms with Crippen molar-refractivity contribution in [2.45, 2.75) is 44.6 Å². The zero-order valence-electron chi connectivity index (χ0n) is 12.9. The maximum absolute atomic E-state index is 12.3. The number of benzene rings is 1. The average molecular weight is 331 g/mol. The van der Waals surface area contributed by atoms with Crippen LogP contribution in [0.3, 0.4) is 0 Å². The number of carbonyl (C=O) groups excluding carboxylic acids is 1. The molecular weight excluding hydrogens is 312 g/mol. The van der Waals surface area contributed by atoms with E-state index in [1.807, 2.05) is 24.7 Å². The molecule has 1 unspecified atom stereocenters. The van der Waals surface area contributed by atoms with E-state index in [9.17, 15) is 4.79 Å². The number of aryl methyl sites for hydroxylation is 1. The van der Waals surface area contributed by atoms with Crippen molar-refractivity contribution in [2.75, 3.05) is 0 Å². The largest absolute Gasteiger partial charge is 0.426 e. The Morgan fingerprint density at radius 2 is 2.22 bits per heavy atom. The van der Waals surface area contributed by atoms with Crippen molar-refractivity contribution in [3.63, 3.8) is 0 Å². The van der Waals surface area contributed by atoms with Crippen molar-refractivity contribution in [2.24, 2.45) is 5.92 Å².